The zero-order valence-corrected chi connectivity index (χ0v) is 13.6. The molecule has 19 heavy (non-hydrogen) atoms. The molecule has 2 aliphatic heterocycles. The number of hydrogen-bond acceptors (Lipinski definition) is 4. The number of ether oxygens (including phenoxy) is 1. The molecule has 2 rings (SSSR count). The van der Waals surface area contributed by atoms with Crippen LogP contribution >= 0.6 is 11.8 Å². The Morgan fingerprint density at radius 2 is 2.26 bits per heavy atom. The Morgan fingerprint density at radius 3 is 2.79 bits per heavy atom. The summed E-state index contributed by atoms with van der Waals surface area (Å²) in [4.78, 5) is 2.18. The molecule has 3 nitrogen and oxygen atoms in total. The highest BCUT2D eigenvalue weighted by Gasteiger charge is 2.46. The normalized spacial score (nSPS) is 36.6. The Morgan fingerprint density at radius 1 is 1.53 bits per heavy atom. The number of hydrogen-bond donors (Lipinski definition) is 1. The average Bonchev–Trinajstić information content (AvgIpc) is 2.84. The van der Waals surface area contributed by atoms with Crippen LogP contribution in [0.2, 0.25) is 0 Å². The minimum Gasteiger partial charge on any atom is -0.391 e. The van der Waals surface area contributed by atoms with Crippen LogP contribution in [-0.4, -0.2) is 59.5 Å². The van der Waals surface area contributed by atoms with Crippen LogP contribution in [0.25, 0.3) is 0 Å². The molecule has 0 aromatic heterocycles. The van der Waals surface area contributed by atoms with Crippen molar-refractivity contribution in [3.63, 3.8) is 0 Å². The van der Waals surface area contributed by atoms with Crippen LogP contribution < -0.4 is 0 Å². The largest absolute Gasteiger partial charge is 0.391 e. The van der Waals surface area contributed by atoms with Gasteiger partial charge in [0, 0.05) is 17.9 Å². The van der Waals surface area contributed by atoms with E-state index >= 15 is 0 Å². The lowest BCUT2D eigenvalue weighted by Gasteiger charge is -2.47. The average molecular weight is 287 g/mol. The van der Waals surface area contributed by atoms with E-state index in [9.17, 15) is 5.11 Å². The van der Waals surface area contributed by atoms with Crippen LogP contribution in [0.4, 0.5) is 0 Å². The van der Waals surface area contributed by atoms with Crippen LogP contribution in [0.15, 0.2) is 0 Å². The summed E-state index contributed by atoms with van der Waals surface area (Å²) in [5, 5.41) is 10.9. The summed E-state index contributed by atoms with van der Waals surface area (Å²) in [6.45, 7) is 5.17. The van der Waals surface area contributed by atoms with Crippen LogP contribution in [0.5, 0.6) is 0 Å². The first kappa shape index (κ1) is 15.6. The number of thioether (sulfide) groups is 1. The van der Waals surface area contributed by atoms with Gasteiger partial charge in [0.2, 0.25) is 0 Å². The first-order valence-corrected chi connectivity index (χ1v) is 8.66. The molecule has 0 aromatic carbocycles. The SMILES string of the molecule is CCC(C)(C(O)C1CCOC2(CCSC2)C1)N(C)C. The number of rotatable bonds is 4. The monoisotopic (exact) mass is 287 g/mol. The van der Waals surface area contributed by atoms with Crippen molar-refractivity contribution in [1.82, 2.24) is 4.90 Å². The summed E-state index contributed by atoms with van der Waals surface area (Å²) < 4.78 is 6.07. The molecule has 4 heteroatoms. The standard InChI is InChI=1S/C15H29NO2S/c1-5-14(2,16(3)4)13(17)12-6-8-18-15(10-12)7-9-19-11-15/h12-13,17H,5-11H2,1-4H3. The van der Waals surface area contributed by atoms with Gasteiger partial charge in [-0.15, -0.1) is 0 Å². The van der Waals surface area contributed by atoms with Crippen molar-refractivity contribution in [3.8, 4) is 0 Å². The molecule has 0 saturated carbocycles. The van der Waals surface area contributed by atoms with Crippen molar-refractivity contribution in [2.24, 2.45) is 5.92 Å². The van der Waals surface area contributed by atoms with E-state index < -0.39 is 0 Å². The predicted octanol–water partition coefficient (Wildman–Crippen LogP) is 2.38. The molecule has 2 heterocycles. The third-order valence-electron chi connectivity index (χ3n) is 5.42. The molecule has 0 amide bonds. The molecule has 0 aromatic rings. The third-order valence-corrected chi connectivity index (χ3v) is 6.64. The van der Waals surface area contributed by atoms with Crippen LogP contribution in [0.1, 0.15) is 39.5 Å². The Labute approximate surface area is 122 Å². The minimum atomic E-state index is -0.265. The molecule has 2 fully saturated rings. The number of aliphatic hydroxyl groups excluding tert-OH is 1. The minimum absolute atomic E-state index is 0.0650. The number of likely N-dealkylation sites (N-methyl/N-ethyl adjacent to an activating group) is 1. The molecule has 0 aliphatic carbocycles. The highest BCUT2D eigenvalue weighted by atomic mass is 32.2. The Balaban J connectivity index is 2.08. The summed E-state index contributed by atoms with van der Waals surface area (Å²) in [5.74, 6) is 2.70. The van der Waals surface area contributed by atoms with Gasteiger partial charge in [0.15, 0.2) is 0 Å². The Kier molecular flexibility index (Phi) is 4.87. The molecule has 0 radical (unpaired) electrons. The van der Waals surface area contributed by atoms with Crippen molar-refractivity contribution < 1.29 is 9.84 Å². The van der Waals surface area contributed by atoms with E-state index in [2.05, 4.69) is 32.8 Å². The van der Waals surface area contributed by atoms with Gasteiger partial charge in [-0.3, -0.25) is 0 Å². The first-order chi connectivity index (χ1) is 8.93. The lowest BCUT2D eigenvalue weighted by Crippen LogP contribution is -2.56. The van der Waals surface area contributed by atoms with Crippen molar-refractivity contribution in [2.75, 3.05) is 32.2 Å². The van der Waals surface area contributed by atoms with Crippen molar-refractivity contribution in [3.05, 3.63) is 0 Å². The topological polar surface area (TPSA) is 32.7 Å². The van der Waals surface area contributed by atoms with Crippen LogP contribution in [0.3, 0.4) is 0 Å². The maximum Gasteiger partial charge on any atom is 0.0783 e. The molecule has 2 aliphatic rings. The van der Waals surface area contributed by atoms with E-state index in [1.54, 1.807) is 0 Å². The highest BCUT2D eigenvalue weighted by Crippen LogP contribution is 2.43. The van der Waals surface area contributed by atoms with Gasteiger partial charge in [-0.05, 0) is 58.4 Å². The fourth-order valence-corrected chi connectivity index (χ4v) is 4.87. The third kappa shape index (κ3) is 2.97. The van der Waals surface area contributed by atoms with E-state index in [0.29, 0.717) is 5.92 Å². The zero-order valence-electron chi connectivity index (χ0n) is 12.8. The quantitative estimate of drug-likeness (QED) is 0.860. The molecule has 1 N–H and O–H groups in total. The second-order valence-electron chi connectivity index (χ2n) is 6.64. The zero-order chi connectivity index (χ0) is 14.1. The van der Waals surface area contributed by atoms with Gasteiger partial charge < -0.3 is 14.7 Å². The molecule has 2 saturated heterocycles. The Bertz CT molecular complexity index is 305. The van der Waals surface area contributed by atoms with Gasteiger partial charge in [-0.25, -0.2) is 0 Å². The van der Waals surface area contributed by atoms with E-state index in [4.69, 9.17) is 4.74 Å². The molecular weight excluding hydrogens is 258 g/mol. The summed E-state index contributed by atoms with van der Waals surface area (Å²) in [6, 6.07) is 0. The molecular formula is C15H29NO2S. The number of aliphatic hydroxyl groups is 1. The molecule has 0 bridgehead atoms. The first-order valence-electron chi connectivity index (χ1n) is 7.51. The van der Waals surface area contributed by atoms with E-state index in [0.717, 1.165) is 38.0 Å². The molecule has 4 unspecified atom stereocenters. The van der Waals surface area contributed by atoms with Crippen molar-refractivity contribution in [1.29, 1.82) is 0 Å². The smallest absolute Gasteiger partial charge is 0.0783 e. The van der Waals surface area contributed by atoms with Crippen molar-refractivity contribution >= 4 is 11.8 Å². The Hall–Kier alpha value is 0.230. The second-order valence-corrected chi connectivity index (χ2v) is 7.74. The van der Waals surface area contributed by atoms with Gasteiger partial charge in [0.05, 0.1) is 11.7 Å². The van der Waals surface area contributed by atoms with Gasteiger partial charge in [0.1, 0.15) is 0 Å². The van der Waals surface area contributed by atoms with Gasteiger partial charge in [-0.2, -0.15) is 11.8 Å². The fourth-order valence-electron chi connectivity index (χ4n) is 3.50. The molecule has 4 atom stereocenters. The maximum atomic E-state index is 10.9. The fraction of sp³-hybridized carbons (Fsp3) is 1.00. The summed E-state index contributed by atoms with van der Waals surface area (Å²) in [5.41, 5.74) is -0.0650. The summed E-state index contributed by atoms with van der Waals surface area (Å²) >= 11 is 2.00. The van der Waals surface area contributed by atoms with Gasteiger partial charge in [-0.1, -0.05) is 6.92 Å². The van der Waals surface area contributed by atoms with E-state index in [-0.39, 0.29) is 17.2 Å². The number of nitrogens with zero attached hydrogens (tertiary/aromatic N) is 1. The molecule has 1 spiro atoms. The van der Waals surface area contributed by atoms with E-state index in [1.165, 1.54) is 5.75 Å². The second kappa shape index (κ2) is 5.92. The van der Waals surface area contributed by atoms with Gasteiger partial charge in [0.25, 0.3) is 0 Å². The lowest BCUT2D eigenvalue weighted by atomic mass is 9.74. The van der Waals surface area contributed by atoms with E-state index in [1.807, 2.05) is 11.8 Å². The predicted molar refractivity (Wildman–Crippen MR) is 81.7 cm³/mol. The molecule has 112 valence electrons. The maximum absolute atomic E-state index is 10.9. The van der Waals surface area contributed by atoms with Gasteiger partial charge >= 0.3 is 0 Å². The summed E-state index contributed by atoms with van der Waals surface area (Å²) in [6.07, 6.45) is 3.90. The van der Waals surface area contributed by atoms with Crippen LogP contribution in [-0.2, 0) is 4.74 Å². The van der Waals surface area contributed by atoms with Crippen molar-refractivity contribution in [2.45, 2.75) is 56.8 Å². The highest BCUT2D eigenvalue weighted by molar-refractivity contribution is 7.99. The lowest BCUT2D eigenvalue weighted by molar-refractivity contribution is -0.125. The van der Waals surface area contributed by atoms with Crippen LogP contribution in [0, 0.1) is 5.92 Å². The summed E-state index contributed by atoms with van der Waals surface area (Å²) in [7, 11) is 4.15.